The first-order chi connectivity index (χ1) is 12.5. The molecule has 132 valence electrons. The first-order valence-electron chi connectivity index (χ1n) is 7.80. The van der Waals surface area contributed by atoms with Crippen molar-refractivity contribution in [2.24, 2.45) is 0 Å². The number of aliphatic carboxylic acids is 1. The first kappa shape index (κ1) is 18.1. The van der Waals surface area contributed by atoms with Gasteiger partial charge in [0.2, 0.25) is 5.91 Å². The van der Waals surface area contributed by atoms with Crippen molar-refractivity contribution in [1.82, 2.24) is 10.3 Å². The number of carboxylic acid groups (broad SMARTS) is 1. The quantitative estimate of drug-likeness (QED) is 0.672. The van der Waals surface area contributed by atoms with E-state index in [1.165, 1.54) is 11.3 Å². The molecule has 0 aliphatic heterocycles. The summed E-state index contributed by atoms with van der Waals surface area (Å²) in [5.74, 6) is -1.51. The Labute approximate surface area is 159 Å². The summed E-state index contributed by atoms with van der Waals surface area (Å²) in [6, 6.07) is 14.8. The Kier molecular flexibility index (Phi) is 5.65. The average molecular weight is 387 g/mol. The summed E-state index contributed by atoms with van der Waals surface area (Å²) in [6.45, 7) is 0. The van der Waals surface area contributed by atoms with Gasteiger partial charge in [-0.25, -0.2) is 9.78 Å². The molecule has 2 N–H and O–H groups in total. The second kappa shape index (κ2) is 8.12. The number of nitrogens with zero attached hydrogens (tertiary/aromatic N) is 1. The van der Waals surface area contributed by atoms with Crippen molar-refractivity contribution in [3.05, 3.63) is 76.3 Å². The minimum Gasteiger partial charge on any atom is -0.479 e. The number of aromatic nitrogens is 1. The summed E-state index contributed by atoms with van der Waals surface area (Å²) < 4.78 is 0. The van der Waals surface area contributed by atoms with Gasteiger partial charge in [-0.15, -0.1) is 11.3 Å². The summed E-state index contributed by atoms with van der Waals surface area (Å²) in [4.78, 5) is 28.2. The van der Waals surface area contributed by atoms with E-state index in [1.807, 2.05) is 12.1 Å². The Morgan fingerprint density at radius 1 is 1.15 bits per heavy atom. The second-order valence-corrected chi connectivity index (χ2v) is 6.88. The van der Waals surface area contributed by atoms with Crippen molar-refractivity contribution >= 4 is 34.8 Å². The van der Waals surface area contributed by atoms with Crippen molar-refractivity contribution in [2.75, 3.05) is 0 Å². The lowest BCUT2D eigenvalue weighted by atomic mass is 10.1. The first-order valence-corrected chi connectivity index (χ1v) is 9.06. The number of halogens is 1. The van der Waals surface area contributed by atoms with E-state index in [0.29, 0.717) is 16.3 Å². The van der Waals surface area contributed by atoms with Crippen molar-refractivity contribution in [3.8, 4) is 10.6 Å². The van der Waals surface area contributed by atoms with Crippen molar-refractivity contribution < 1.29 is 14.7 Å². The lowest BCUT2D eigenvalue weighted by molar-refractivity contribution is -0.142. The number of amides is 1. The Balaban J connectivity index is 1.69. The van der Waals surface area contributed by atoms with E-state index in [1.54, 1.807) is 47.8 Å². The van der Waals surface area contributed by atoms with Crippen LogP contribution in [0, 0.1) is 0 Å². The Hall–Kier alpha value is -2.70. The van der Waals surface area contributed by atoms with E-state index in [0.717, 1.165) is 10.6 Å². The molecule has 1 amide bonds. The Morgan fingerprint density at radius 2 is 1.92 bits per heavy atom. The third kappa shape index (κ3) is 4.47. The molecule has 0 fully saturated rings. The maximum Gasteiger partial charge on any atom is 0.330 e. The van der Waals surface area contributed by atoms with Crippen LogP contribution in [0.25, 0.3) is 10.6 Å². The van der Waals surface area contributed by atoms with Gasteiger partial charge >= 0.3 is 5.97 Å². The molecule has 1 heterocycles. The van der Waals surface area contributed by atoms with Crippen LogP contribution in [-0.2, 0) is 16.0 Å². The lowest BCUT2D eigenvalue weighted by Gasteiger charge is -2.14. The van der Waals surface area contributed by atoms with Crippen LogP contribution in [0.1, 0.15) is 17.3 Å². The van der Waals surface area contributed by atoms with E-state index in [4.69, 9.17) is 11.6 Å². The fourth-order valence-corrected chi connectivity index (χ4v) is 3.46. The summed E-state index contributed by atoms with van der Waals surface area (Å²) in [5.41, 5.74) is 1.98. The molecule has 1 aromatic heterocycles. The highest BCUT2D eigenvalue weighted by molar-refractivity contribution is 7.13. The van der Waals surface area contributed by atoms with E-state index in [2.05, 4.69) is 10.3 Å². The zero-order valence-electron chi connectivity index (χ0n) is 13.6. The molecule has 0 spiro atoms. The number of carbonyl (C=O) groups is 2. The lowest BCUT2D eigenvalue weighted by Crippen LogP contribution is -2.34. The largest absolute Gasteiger partial charge is 0.479 e. The third-order valence-electron chi connectivity index (χ3n) is 3.65. The highest BCUT2D eigenvalue weighted by Crippen LogP contribution is 2.26. The van der Waals surface area contributed by atoms with E-state index in [-0.39, 0.29) is 6.42 Å². The highest BCUT2D eigenvalue weighted by atomic mass is 35.5. The summed E-state index contributed by atoms with van der Waals surface area (Å²) in [7, 11) is 0. The van der Waals surface area contributed by atoms with E-state index in [9.17, 15) is 14.7 Å². The molecule has 0 saturated carbocycles. The molecule has 3 rings (SSSR count). The smallest absolute Gasteiger partial charge is 0.330 e. The molecule has 0 unspecified atom stereocenters. The molecule has 26 heavy (non-hydrogen) atoms. The van der Waals surface area contributed by atoms with Crippen LogP contribution >= 0.6 is 22.9 Å². The van der Waals surface area contributed by atoms with Gasteiger partial charge in [0.1, 0.15) is 5.01 Å². The average Bonchev–Trinajstić information content (AvgIpc) is 3.08. The highest BCUT2D eigenvalue weighted by Gasteiger charge is 2.22. The van der Waals surface area contributed by atoms with Crippen LogP contribution < -0.4 is 5.32 Å². The van der Waals surface area contributed by atoms with Gasteiger partial charge in [0, 0.05) is 16.0 Å². The summed E-state index contributed by atoms with van der Waals surface area (Å²) in [6.07, 6.45) is 0.00762. The van der Waals surface area contributed by atoms with Gasteiger partial charge in [0.05, 0.1) is 12.1 Å². The zero-order valence-corrected chi connectivity index (χ0v) is 15.1. The number of thiazole rings is 1. The molecule has 1 atom stereocenters. The standard InChI is InChI=1S/C19H15ClN2O3S/c20-14-8-4-7-13(9-14)18-21-15(11-26-18)10-16(23)22-17(19(24)25)12-5-2-1-3-6-12/h1-9,11,17H,10H2,(H,22,23)(H,24,25)/t17-/m1/s1. The van der Waals surface area contributed by atoms with E-state index < -0.39 is 17.9 Å². The molecule has 2 aromatic carbocycles. The topological polar surface area (TPSA) is 79.3 Å². The minimum absolute atomic E-state index is 0.00762. The Morgan fingerprint density at radius 3 is 2.62 bits per heavy atom. The van der Waals surface area contributed by atoms with Gasteiger partial charge < -0.3 is 10.4 Å². The summed E-state index contributed by atoms with van der Waals surface area (Å²) in [5, 5.41) is 15.1. The maximum absolute atomic E-state index is 12.3. The van der Waals surface area contributed by atoms with Gasteiger partial charge in [0.15, 0.2) is 6.04 Å². The molecule has 3 aromatic rings. The summed E-state index contributed by atoms with van der Waals surface area (Å²) >= 11 is 7.40. The molecule has 7 heteroatoms. The minimum atomic E-state index is -1.11. The van der Waals surface area contributed by atoms with Gasteiger partial charge in [-0.05, 0) is 17.7 Å². The van der Waals surface area contributed by atoms with E-state index >= 15 is 0 Å². The monoisotopic (exact) mass is 386 g/mol. The van der Waals surface area contributed by atoms with Crippen molar-refractivity contribution in [2.45, 2.75) is 12.5 Å². The van der Waals surface area contributed by atoms with Gasteiger partial charge in [-0.1, -0.05) is 54.1 Å². The zero-order chi connectivity index (χ0) is 18.5. The number of hydrogen-bond donors (Lipinski definition) is 2. The predicted octanol–water partition coefficient (Wildman–Crippen LogP) is 3.95. The number of benzene rings is 2. The molecule has 5 nitrogen and oxygen atoms in total. The van der Waals surface area contributed by atoms with Crippen LogP contribution in [0.3, 0.4) is 0 Å². The van der Waals surface area contributed by atoms with Crippen LogP contribution in [0.15, 0.2) is 60.0 Å². The molecule has 0 aliphatic rings. The Bertz CT molecular complexity index is 927. The number of nitrogens with one attached hydrogen (secondary N) is 1. The maximum atomic E-state index is 12.3. The van der Waals surface area contributed by atoms with Crippen LogP contribution in [0.4, 0.5) is 0 Å². The fraction of sp³-hybridized carbons (Fsp3) is 0.105. The SMILES string of the molecule is O=C(Cc1csc(-c2cccc(Cl)c2)n1)N[C@@H](C(=O)O)c1ccccc1. The van der Waals surface area contributed by atoms with Crippen LogP contribution in [0.2, 0.25) is 5.02 Å². The van der Waals surface area contributed by atoms with Gasteiger partial charge in [-0.2, -0.15) is 0 Å². The van der Waals surface area contributed by atoms with Crippen LogP contribution in [0.5, 0.6) is 0 Å². The molecule has 0 saturated heterocycles. The molecular formula is C19H15ClN2O3S. The van der Waals surface area contributed by atoms with Crippen molar-refractivity contribution in [1.29, 1.82) is 0 Å². The van der Waals surface area contributed by atoms with Gasteiger partial charge in [-0.3, -0.25) is 4.79 Å². The van der Waals surface area contributed by atoms with Crippen LogP contribution in [-0.4, -0.2) is 22.0 Å². The molecule has 0 bridgehead atoms. The normalized spacial score (nSPS) is 11.7. The predicted molar refractivity (Wildman–Crippen MR) is 101 cm³/mol. The number of carboxylic acids is 1. The number of rotatable bonds is 6. The number of hydrogen-bond acceptors (Lipinski definition) is 4. The van der Waals surface area contributed by atoms with Gasteiger partial charge in [0.25, 0.3) is 0 Å². The molecule has 0 aliphatic carbocycles. The second-order valence-electron chi connectivity index (χ2n) is 5.58. The fourth-order valence-electron chi connectivity index (χ4n) is 2.45. The third-order valence-corrected chi connectivity index (χ3v) is 4.83. The molecular weight excluding hydrogens is 372 g/mol. The number of carbonyl (C=O) groups excluding carboxylic acids is 1. The molecule has 0 radical (unpaired) electrons. The van der Waals surface area contributed by atoms with Crippen molar-refractivity contribution in [3.63, 3.8) is 0 Å².